The van der Waals surface area contributed by atoms with Gasteiger partial charge >= 0.3 is 12.1 Å². The average Bonchev–Trinajstić information content (AvgIpc) is 2.47. The maximum atomic E-state index is 13.5. The minimum absolute atomic E-state index is 0.250. The predicted octanol–water partition coefficient (Wildman–Crippen LogP) is 1.72. The summed E-state index contributed by atoms with van der Waals surface area (Å²) in [7, 11) is 1.22. The Balaban J connectivity index is 0.00000135. The smallest absolute Gasteiger partial charge is 0.373 e. The average molecular weight is 313 g/mol. The van der Waals surface area contributed by atoms with Crippen LogP contribution >= 0.6 is 0 Å². The molecular weight excluding hydrogens is 297 g/mol. The summed E-state index contributed by atoms with van der Waals surface area (Å²) in [6, 6.07) is 4.39. The van der Waals surface area contributed by atoms with E-state index in [1.54, 1.807) is 19.1 Å². The Morgan fingerprint density at radius 1 is 1.45 bits per heavy atom. The fourth-order valence-corrected chi connectivity index (χ4v) is 1.90. The Kier molecular flexibility index (Phi) is 8.25. The maximum Gasteiger partial charge on any atom is 0.373 e. The summed E-state index contributed by atoms with van der Waals surface area (Å²) < 4.78 is 18.1. The van der Waals surface area contributed by atoms with Gasteiger partial charge in [-0.1, -0.05) is 19.1 Å². The van der Waals surface area contributed by atoms with Crippen molar-refractivity contribution in [1.82, 2.24) is 0 Å². The zero-order chi connectivity index (χ0) is 17.3. The molecule has 0 bridgehead atoms. The van der Waals surface area contributed by atoms with Crippen LogP contribution in [0.15, 0.2) is 18.2 Å². The van der Waals surface area contributed by atoms with Gasteiger partial charge in [-0.05, 0) is 24.1 Å². The van der Waals surface area contributed by atoms with Gasteiger partial charge in [0.1, 0.15) is 5.82 Å². The van der Waals surface area contributed by atoms with Gasteiger partial charge in [0.15, 0.2) is 0 Å². The number of benzene rings is 1. The number of hydrogen-bond donors (Lipinski definition) is 0. The molecule has 0 fully saturated rings. The highest BCUT2D eigenvalue weighted by Crippen LogP contribution is 2.27. The predicted molar refractivity (Wildman–Crippen MR) is 71.9 cm³/mol. The molecule has 0 amide bonds. The largest absolute Gasteiger partial charge is 0.469 e. The number of halogens is 1. The third kappa shape index (κ3) is 5.80. The third-order valence-corrected chi connectivity index (χ3v) is 3.15. The fraction of sp³-hybridized carbons (Fsp3) is 0.429. The van der Waals surface area contributed by atoms with Gasteiger partial charge in [0.2, 0.25) is 6.54 Å². The Morgan fingerprint density at radius 2 is 2.00 bits per heavy atom. The molecule has 1 rings (SSSR count). The number of hydrogen-bond acceptors (Lipinski definition) is 6. The van der Waals surface area contributed by atoms with E-state index in [0.717, 1.165) is 0 Å². The van der Waals surface area contributed by atoms with E-state index >= 15 is 0 Å². The molecule has 1 unspecified atom stereocenters. The molecule has 0 saturated carbocycles. The standard InChI is InChI=1S/C13H16FNO4.CO2/c1-8-4-5-10(6-12(8)14)11(7-15(17)18)9(2)13(16)19-3;2-1-3/h4-6,9,11H,7H2,1-3H3;/t9?,11-;/m1./s1. The van der Waals surface area contributed by atoms with Crippen LogP contribution in [0.4, 0.5) is 4.39 Å². The number of nitrogens with zero attached hydrogens (tertiary/aromatic N) is 1. The molecule has 22 heavy (non-hydrogen) atoms. The van der Waals surface area contributed by atoms with Crippen LogP contribution in [0.5, 0.6) is 0 Å². The van der Waals surface area contributed by atoms with E-state index in [9.17, 15) is 19.3 Å². The molecule has 1 aromatic rings. The zero-order valence-corrected chi connectivity index (χ0v) is 12.4. The minimum atomic E-state index is -0.711. The maximum absolute atomic E-state index is 13.5. The summed E-state index contributed by atoms with van der Waals surface area (Å²) in [5.41, 5.74) is 0.882. The van der Waals surface area contributed by atoms with Gasteiger partial charge in [-0.2, -0.15) is 9.59 Å². The first-order valence-electron chi connectivity index (χ1n) is 6.23. The summed E-state index contributed by atoms with van der Waals surface area (Å²) in [5, 5.41) is 10.7. The summed E-state index contributed by atoms with van der Waals surface area (Å²) in [6.45, 7) is 2.70. The Labute approximate surface area is 126 Å². The number of carbonyl (C=O) groups excluding carboxylic acids is 3. The van der Waals surface area contributed by atoms with Crippen molar-refractivity contribution >= 4 is 12.1 Å². The van der Waals surface area contributed by atoms with Crippen molar-refractivity contribution in [2.24, 2.45) is 5.92 Å². The molecule has 0 radical (unpaired) electrons. The lowest BCUT2D eigenvalue weighted by atomic mass is 9.86. The van der Waals surface area contributed by atoms with E-state index in [1.807, 2.05) is 0 Å². The molecule has 0 N–H and O–H groups in total. The van der Waals surface area contributed by atoms with E-state index in [4.69, 9.17) is 9.59 Å². The summed E-state index contributed by atoms with van der Waals surface area (Å²) in [6.07, 6.45) is 0.250. The molecule has 7 nitrogen and oxygen atoms in total. The first-order chi connectivity index (χ1) is 10.3. The van der Waals surface area contributed by atoms with Crippen molar-refractivity contribution in [1.29, 1.82) is 0 Å². The van der Waals surface area contributed by atoms with Gasteiger partial charge in [-0.3, -0.25) is 14.9 Å². The van der Waals surface area contributed by atoms with Gasteiger partial charge < -0.3 is 4.74 Å². The Morgan fingerprint density at radius 3 is 2.41 bits per heavy atom. The molecule has 0 aliphatic heterocycles. The first kappa shape index (κ1) is 19.4. The van der Waals surface area contributed by atoms with Gasteiger partial charge in [0.25, 0.3) is 0 Å². The molecule has 2 atom stereocenters. The molecule has 0 aromatic heterocycles. The number of rotatable bonds is 5. The van der Waals surface area contributed by atoms with E-state index < -0.39 is 35.1 Å². The normalized spacial score (nSPS) is 12.2. The van der Waals surface area contributed by atoms with Crippen LogP contribution in [-0.4, -0.2) is 30.7 Å². The second-order valence-electron chi connectivity index (χ2n) is 4.53. The molecular formula is C14H16FNO6. The summed E-state index contributed by atoms with van der Waals surface area (Å²) in [4.78, 5) is 38.0. The van der Waals surface area contributed by atoms with Crippen LogP contribution in [0, 0.1) is 28.8 Å². The van der Waals surface area contributed by atoms with Crippen LogP contribution in [0.1, 0.15) is 24.0 Å². The topological polar surface area (TPSA) is 104 Å². The zero-order valence-electron chi connectivity index (χ0n) is 12.4. The number of aryl methyl sites for hydroxylation is 1. The van der Waals surface area contributed by atoms with Crippen LogP contribution in [0.3, 0.4) is 0 Å². The number of nitro groups is 1. The van der Waals surface area contributed by atoms with Crippen molar-refractivity contribution < 1.29 is 28.4 Å². The van der Waals surface area contributed by atoms with E-state index in [2.05, 4.69) is 4.74 Å². The van der Waals surface area contributed by atoms with Gasteiger partial charge in [-0.15, -0.1) is 0 Å². The Bertz CT molecular complexity index is 568. The second kappa shape index (κ2) is 9.36. The number of carbonyl (C=O) groups is 1. The van der Waals surface area contributed by atoms with Crippen molar-refractivity contribution in [3.05, 3.63) is 45.3 Å². The van der Waals surface area contributed by atoms with E-state index in [-0.39, 0.29) is 6.15 Å². The molecule has 0 heterocycles. The van der Waals surface area contributed by atoms with Gasteiger partial charge in [0, 0.05) is 4.92 Å². The number of methoxy groups -OCH3 is 1. The lowest BCUT2D eigenvalue weighted by Crippen LogP contribution is -2.26. The quantitative estimate of drug-likeness (QED) is 0.466. The minimum Gasteiger partial charge on any atom is -0.469 e. The van der Waals surface area contributed by atoms with Crippen LogP contribution < -0.4 is 0 Å². The highest BCUT2D eigenvalue weighted by atomic mass is 19.1. The summed E-state index contributed by atoms with van der Waals surface area (Å²) >= 11 is 0. The van der Waals surface area contributed by atoms with Crippen LogP contribution in [0.25, 0.3) is 0 Å². The lowest BCUT2D eigenvalue weighted by molar-refractivity contribution is -0.484. The molecule has 1 aromatic carbocycles. The molecule has 0 aliphatic rings. The molecule has 0 aliphatic carbocycles. The molecule has 8 heteroatoms. The van der Waals surface area contributed by atoms with Crippen molar-refractivity contribution in [3.8, 4) is 0 Å². The van der Waals surface area contributed by atoms with Gasteiger partial charge in [-0.25, -0.2) is 4.39 Å². The van der Waals surface area contributed by atoms with Crippen LogP contribution in [-0.2, 0) is 19.1 Å². The van der Waals surface area contributed by atoms with Crippen molar-refractivity contribution in [3.63, 3.8) is 0 Å². The summed E-state index contributed by atoms with van der Waals surface area (Å²) in [5.74, 6) is -2.41. The monoisotopic (exact) mass is 313 g/mol. The van der Waals surface area contributed by atoms with Gasteiger partial charge in [0.05, 0.1) is 18.9 Å². The van der Waals surface area contributed by atoms with Crippen LogP contribution in [0.2, 0.25) is 0 Å². The highest BCUT2D eigenvalue weighted by Gasteiger charge is 2.30. The van der Waals surface area contributed by atoms with Crippen molar-refractivity contribution in [2.45, 2.75) is 19.8 Å². The SMILES string of the molecule is COC(=O)C(C)[C@@H](C[N+](=O)[O-])c1ccc(C)c(F)c1.O=C=O. The number of esters is 1. The van der Waals surface area contributed by atoms with Crippen molar-refractivity contribution in [2.75, 3.05) is 13.7 Å². The second-order valence-corrected chi connectivity index (χ2v) is 4.53. The number of ether oxygens (including phenoxy) is 1. The third-order valence-electron chi connectivity index (χ3n) is 3.15. The Hall–Kier alpha value is -2.60. The lowest BCUT2D eigenvalue weighted by Gasteiger charge is -2.19. The molecule has 0 saturated heterocycles. The first-order valence-corrected chi connectivity index (χ1v) is 6.23. The fourth-order valence-electron chi connectivity index (χ4n) is 1.90. The van der Waals surface area contributed by atoms with E-state index in [1.165, 1.54) is 20.1 Å². The highest BCUT2D eigenvalue weighted by molar-refractivity contribution is 5.73. The molecule has 0 spiro atoms. The molecule has 120 valence electrons. The van der Waals surface area contributed by atoms with E-state index in [0.29, 0.717) is 11.1 Å².